The predicted octanol–water partition coefficient (Wildman–Crippen LogP) is 4.20. The van der Waals surface area contributed by atoms with Gasteiger partial charge in [-0.1, -0.05) is 18.2 Å². The van der Waals surface area contributed by atoms with E-state index in [1.54, 1.807) is 18.2 Å². The molecule has 1 aliphatic heterocycles. The maximum atomic E-state index is 12.7. The van der Waals surface area contributed by atoms with Gasteiger partial charge >= 0.3 is 0 Å². The van der Waals surface area contributed by atoms with Gasteiger partial charge in [-0.2, -0.15) is 0 Å². The Morgan fingerprint density at radius 3 is 2.66 bits per heavy atom. The zero-order valence-electron chi connectivity index (χ0n) is 19.0. The van der Waals surface area contributed by atoms with Crippen molar-refractivity contribution >= 4 is 28.2 Å². The molecule has 168 valence electrons. The van der Waals surface area contributed by atoms with Gasteiger partial charge in [-0.05, 0) is 55.8 Å². The van der Waals surface area contributed by atoms with E-state index in [-0.39, 0.29) is 5.91 Å². The first-order valence-electron chi connectivity index (χ1n) is 11.4. The number of unbranched alkanes of at least 4 members (excludes halogenated alkanes) is 1. The van der Waals surface area contributed by atoms with Crippen LogP contribution in [0, 0.1) is 0 Å². The van der Waals surface area contributed by atoms with Crippen molar-refractivity contribution < 1.29 is 9.53 Å². The molecule has 3 aromatic rings. The molecule has 0 saturated carbocycles. The van der Waals surface area contributed by atoms with E-state index >= 15 is 0 Å². The normalized spacial score (nSPS) is 14.5. The summed E-state index contributed by atoms with van der Waals surface area (Å²) < 4.78 is 5.51. The van der Waals surface area contributed by atoms with Crippen LogP contribution in [0.5, 0.6) is 5.75 Å². The summed E-state index contributed by atoms with van der Waals surface area (Å²) in [5, 5.41) is 1.05. The van der Waals surface area contributed by atoms with Gasteiger partial charge in [-0.3, -0.25) is 14.7 Å². The first-order chi connectivity index (χ1) is 15.7. The quantitative estimate of drug-likeness (QED) is 0.500. The Labute approximate surface area is 190 Å². The van der Waals surface area contributed by atoms with Gasteiger partial charge in [0.1, 0.15) is 5.75 Å². The van der Waals surface area contributed by atoms with Gasteiger partial charge in [0.05, 0.1) is 18.3 Å². The molecule has 0 N–H and O–H groups in total. The number of methoxy groups -OCH3 is 1. The molecule has 2 heterocycles. The molecule has 1 aliphatic rings. The number of carbonyl (C=O) groups excluding carboxylic acids is 1. The predicted molar refractivity (Wildman–Crippen MR) is 131 cm³/mol. The van der Waals surface area contributed by atoms with Gasteiger partial charge in [0, 0.05) is 56.9 Å². The highest BCUT2D eigenvalue weighted by atomic mass is 16.5. The summed E-state index contributed by atoms with van der Waals surface area (Å²) in [6, 6.07) is 18.1. The molecule has 0 bridgehead atoms. The summed E-state index contributed by atoms with van der Waals surface area (Å²) in [6.07, 6.45) is 4.30. The van der Waals surface area contributed by atoms with E-state index in [4.69, 9.17) is 4.74 Å². The summed E-state index contributed by atoms with van der Waals surface area (Å²) in [7, 11) is 3.59. The van der Waals surface area contributed by atoms with Crippen molar-refractivity contribution in [2.24, 2.45) is 0 Å². The van der Waals surface area contributed by atoms with Crippen molar-refractivity contribution in [2.75, 3.05) is 56.7 Å². The van der Waals surface area contributed by atoms with E-state index in [0.29, 0.717) is 6.42 Å². The first-order valence-corrected chi connectivity index (χ1v) is 11.4. The summed E-state index contributed by atoms with van der Waals surface area (Å²) in [4.78, 5) is 23.7. The molecule has 2 aromatic carbocycles. The Hall–Kier alpha value is -3.12. The second-order valence-electron chi connectivity index (χ2n) is 8.29. The first kappa shape index (κ1) is 22.1. The highest BCUT2D eigenvalue weighted by Gasteiger charge is 2.19. The third kappa shape index (κ3) is 5.19. The molecule has 0 radical (unpaired) electrons. The van der Waals surface area contributed by atoms with Crippen LogP contribution >= 0.6 is 0 Å². The SMILES string of the molecule is COc1ccccc1N1CCN(CCCCC(=O)N(C)c2ccc3ncccc3c2)CC1. The molecule has 0 spiro atoms. The van der Waals surface area contributed by atoms with Crippen LogP contribution in [0.15, 0.2) is 60.8 Å². The Kier molecular flexibility index (Phi) is 7.22. The Morgan fingerprint density at radius 2 is 1.84 bits per heavy atom. The van der Waals surface area contributed by atoms with Crippen molar-refractivity contribution in [3.05, 3.63) is 60.8 Å². The van der Waals surface area contributed by atoms with Gasteiger partial charge in [0.2, 0.25) is 5.91 Å². The van der Waals surface area contributed by atoms with E-state index in [9.17, 15) is 4.79 Å². The van der Waals surface area contributed by atoms with Crippen LogP contribution in [0.1, 0.15) is 19.3 Å². The molecule has 1 fully saturated rings. The third-order valence-corrected chi connectivity index (χ3v) is 6.26. The number of rotatable bonds is 8. The van der Waals surface area contributed by atoms with Crippen LogP contribution in [0.3, 0.4) is 0 Å². The minimum atomic E-state index is 0.161. The molecule has 1 amide bonds. The molecule has 1 aromatic heterocycles. The number of carbonyl (C=O) groups is 1. The lowest BCUT2D eigenvalue weighted by molar-refractivity contribution is -0.118. The minimum Gasteiger partial charge on any atom is -0.495 e. The van der Waals surface area contributed by atoms with Crippen LogP contribution in [0.4, 0.5) is 11.4 Å². The molecule has 6 heteroatoms. The number of amides is 1. The molecule has 6 nitrogen and oxygen atoms in total. The van der Waals surface area contributed by atoms with Crippen LogP contribution in [0.25, 0.3) is 10.9 Å². The van der Waals surface area contributed by atoms with E-state index in [1.807, 2.05) is 49.5 Å². The molecular weight excluding hydrogens is 400 g/mol. The van der Waals surface area contributed by atoms with Gasteiger partial charge in [-0.15, -0.1) is 0 Å². The molecule has 0 unspecified atom stereocenters. The van der Waals surface area contributed by atoms with E-state index in [0.717, 1.165) is 67.9 Å². The number of piperazine rings is 1. The van der Waals surface area contributed by atoms with Gasteiger partial charge in [0.15, 0.2) is 0 Å². The lowest BCUT2D eigenvalue weighted by Gasteiger charge is -2.36. The van der Waals surface area contributed by atoms with Crippen LogP contribution in [-0.4, -0.2) is 62.7 Å². The zero-order valence-corrected chi connectivity index (χ0v) is 19.0. The third-order valence-electron chi connectivity index (χ3n) is 6.26. The number of pyridine rings is 1. The number of hydrogen-bond acceptors (Lipinski definition) is 5. The van der Waals surface area contributed by atoms with Crippen molar-refractivity contribution in [2.45, 2.75) is 19.3 Å². The molecule has 0 atom stereocenters. The largest absolute Gasteiger partial charge is 0.495 e. The van der Waals surface area contributed by atoms with E-state index < -0.39 is 0 Å². The fourth-order valence-corrected chi connectivity index (χ4v) is 4.30. The standard InChI is InChI=1S/C26H32N4O2/c1-28(22-12-13-23-21(20-22)8-7-14-27-23)26(31)11-5-6-15-29-16-18-30(19-17-29)24-9-3-4-10-25(24)32-2/h3-4,7-10,12-14,20H,5-6,11,15-19H2,1-2H3. The van der Waals surface area contributed by atoms with E-state index in [2.05, 4.69) is 26.9 Å². The summed E-state index contributed by atoms with van der Waals surface area (Å²) in [5.74, 6) is 1.10. The second-order valence-corrected chi connectivity index (χ2v) is 8.29. The van der Waals surface area contributed by atoms with Crippen LogP contribution in [-0.2, 0) is 4.79 Å². The number of anilines is 2. The highest BCUT2D eigenvalue weighted by Crippen LogP contribution is 2.28. The smallest absolute Gasteiger partial charge is 0.226 e. The number of ether oxygens (including phenoxy) is 1. The Bertz CT molecular complexity index is 1050. The van der Waals surface area contributed by atoms with Crippen molar-refractivity contribution in [3.63, 3.8) is 0 Å². The maximum Gasteiger partial charge on any atom is 0.226 e. The average molecular weight is 433 g/mol. The Morgan fingerprint density at radius 1 is 1.03 bits per heavy atom. The number of hydrogen-bond donors (Lipinski definition) is 0. The van der Waals surface area contributed by atoms with Gasteiger partial charge in [0.25, 0.3) is 0 Å². The van der Waals surface area contributed by atoms with Crippen LogP contribution < -0.4 is 14.5 Å². The van der Waals surface area contributed by atoms with Gasteiger partial charge < -0.3 is 14.5 Å². The van der Waals surface area contributed by atoms with Gasteiger partial charge in [-0.25, -0.2) is 0 Å². The lowest BCUT2D eigenvalue weighted by Crippen LogP contribution is -2.46. The monoisotopic (exact) mass is 432 g/mol. The molecule has 32 heavy (non-hydrogen) atoms. The van der Waals surface area contributed by atoms with Crippen molar-refractivity contribution in [1.82, 2.24) is 9.88 Å². The zero-order chi connectivity index (χ0) is 22.3. The fourth-order valence-electron chi connectivity index (χ4n) is 4.30. The number of aromatic nitrogens is 1. The van der Waals surface area contributed by atoms with Crippen molar-refractivity contribution in [3.8, 4) is 5.75 Å². The molecule has 4 rings (SSSR count). The maximum absolute atomic E-state index is 12.7. The minimum absolute atomic E-state index is 0.161. The number of fused-ring (bicyclic) bond motifs is 1. The summed E-state index contributed by atoms with van der Waals surface area (Å²) in [5.41, 5.74) is 3.04. The second kappa shape index (κ2) is 10.5. The lowest BCUT2D eigenvalue weighted by atomic mass is 10.1. The topological polar surface area (TPSA) is 48.9 Å². The number of para-hydroxylation sites is 2. The summed E-state index contributed by atoms with van der Waals surface area (Å²) in [6.45, 7) is 5.12. The fraction of sp³-hybridized carbons (Fsp3) is 0.385. The average Bonchev–Trinajstić information content (AvgIpc) is 2.86. The number of benzene rings is 2. The molecular formula is C26H32N4O2. The summed E-state index contributed by atoms with van der Waals surface area (Å²) >= 11 is 0. The molecule has 1 saturated heterocycles. The van der Waals surface area contributed by atoms with Crippen LogP contribution in [0.2, 0.25) is 0 Å². The Balaban J connectivity index is 1.19. The van der Waals surface area contributed by atoms with E-state index in [1.165, 1.54) is 5.69 Å². The highest BCUT2D eigenvalue weighted by molar-refractivity contribution is 5.95. The van der Waals surface area contributed by atoms with Crippen molar-refractivity contribution in [1.29, 1.82) is 0 Å². The number of nitrogens with zero attached hydrogens (tertiary/aromatic N) is 4. The molecule has 0 aliphatic carbocycles.